The average Bonchev–Trinajstić information content (AvgIpc) is 2.92. The normalized spacial score (nSPS) is 12.3. The van der Waals surface area contributed by atoms with Crippen molar-refractivity contribution in [1.82, 2.24) is 15.5 Å². The molecule has 5 nitrogen and oxygen atoms in total. The standard InChI is InChI=1S/C15H21N3O2/c1-11(16-2)10-14-17-15(20-18-14)9-8-12-6-4-5-7-13(12)19-3/h4-7,11,16H,8-10H2,1-3H3. The predicted octanol–water partition coefficient (Wildman–Crippen LogP) is 2.01. The number of hydrogen-bond donors (Lipinski definition) is 1. The van der Waals surface area contributed by atoms with E-state index in [0.717, 1.165) is 36.4 Å². The van der Waals surface area contributed by atoms with Gasteiger partial charge < -0.3 is 14.6 Å². The van der Waals surface area contributed by atoms with Gasteiger partial charge in [0.1, 0.15) is 5.75 Å². The van der Waals surface area contributed by atoms with Crippen LogP contribution in [-0.4, -0.2) is 30.3 Å². The van der Waals surface area contributed by atoms with Crippen LogP contribution in [0.2, 0.25) is 0 Å². The van der Waals surface area contributed by atoms with Gasteiger partial charge in [0, 0.05) is 18.9 Å². The topological polar surface area (TPSA) is 60.2 Å². The molecule has 0 radical (unpaired) electrons. The smallest absolute Gasteiger partial charge is 0.226 e. The number of hydrogen-bond acceptors (Lipinski definition) is 5. The number of benzene rings is 1. The highest BCUT2D eigenvalue weighted by Gasteiger charge is 2.10. The minimum atomic E-state index is 0.342. The molecule has 0 fully saturated rings. The quantitative estimate of drug-likeness (QED) is 0.837. The largest absolute Gasteiger partial charge is 0.496 e. The summed E-state index contributed by atoms with van der Waals surface area (Å²) in [4.78, 5) is 4.41. The van der Waals surface area contributed by atoms with E-state index >= 15 is 0 Å². The van der Waals surface area contributed by atoms with Gasteiger partial charge in [0.25, 0.3) is 0 Å². The second kappa shape index (κ2) is 7.05. The van der Waals surface area contributed by atoms with Crippen LogP contribution in [0.1, 0.15) is 24.2 Å². The maximum atomic E-state index is 5.33. The number of rotatable bonds is 7. The van der Waals surface area contributed by atoms with Crippen LogP contribution in [0, 0.1) is 0 Å². The Balaban J connectivity index is 1.94. The first kappa shape index (κ1) is 14.5. The van der Waals surface area contributed by atoms with E-state index in [1.807, 2.05) is 25.2 Å². The first-order valence-corrected chi connectivity index (χ1v) is 6.83. The lowest BCUT2D eigenvalue weighted by Crippen LogP contribution is -2.24. The first-order valence-electron chi connectivity index (χ1n) is 6.83. The number of nitrogens with one attached hydrogen (secondary N) is 1. The molecule has 0 aliphatic carbocycles. The number of aryl methyl sites for hydroxylation is 2. The minimum absolute atomic E-state index is 0.342. The van der Waals surface area contributed by atoms with E-state index in [9.17, 15) is 0 Å². The molecule has 2 aromatic rings. The lowest BCUT2D eigenvalue weighted by Gasteiger charge is -2.06. The van der Waals surface area contributed by atoms with Gasteiger partial charge in [-0.1, -0.05) is 23.4 Å². The summed E-state index contributed by atoms with van der Waals surface area (Å²) in [6.07, 6.45) is 2.32. The van der Waals surface area contributed by atoms with Crippen molar-refractivity contribution in [1.29, 1.82) is 0 Å². The van der Waals surface area contributed by atoms with Gasteiger partial charge in [-0.05, 0) is 32.0 Å². The molecule has 1 atom stereocenters. The Labute approximate surface area is 119 Å². The molecule has 1 unspecified atom stereocenters. The second-order valence-electron chi connectivity index (χ2n) is 4.81. The van der Waals surface area contributed by atoms with Crippen molar-refractivity contribution < 1.29 is 9.26 Å². The SMILES string of the molecule is CNC(C)Cc1noc(CCc2ccccc2OC)n1. The van der Waals surface area contributed by atoms with Crippen molar-refractivity contribution in [3.05, 3.63) is 41.5 Å². The molecule has 1 aromatic carbocycles. The molecule has 20 heavy (non-hydrogen) atoms. The molecule has 0 spiro atoms. The summed E-state index contributed by atoms with van der Waals surface area (Å²) in [6, 6.07) is 8.33. The second-order valence-corrected chi connectivity index (χ2v) is 4.81. The molecule has 0 bridgehead atoms. The van der Waals surface area contributed by atoms with Gasteiger partial charge in [0.2, 0.25) is 5.89 Å². The molecule has 1 N–H and O–H groups in total. The Kier molecular flexibility index (Phi) is 5.12. The monoisotopic (exact) mass is 275 g/mol. The Morgan fingerprint density at radius 2 is 2.10 bits per heavy atom. The van der Waals surface area contributed by atoms with Gasteiger partial charge in [0.05, 0.1) is 7.11 Å². The Morgan fingerprint density at radius 1 is 1.30 bits per heavy atom. The van der Waals surface area contributed by atoms with Gasteiger partial charge in [-0.25, -0.2) is 0 Å². The summed E-state index contributed by atoms with van der Waals surface area (Å²) in [5.74, 6) is 2.33. The molecule has 0 saturated heterocycles. The van der Waals surface area contributed by atoms with Gasteiger partial charge in [-0.3, -0.25) is 0 Å². The fraction of sp³-hybridized carbons (Fsp3) is 0.467. The Hall–Kier alpha value is -1.88. The molecule has 1 aromatic heterocycles. The van der Waals surface area contributed by atoms with Gasteiger partial charge >= 0.3 is 0 Å². The van der Waals surface area contributed by atoms with Crippen LogP contribution in [0.5, 0.6) is 5.75 Å². The van der Waals surface area contributed by atoms with Crippen LogP contribution < -0.4 is 10.1 Å². The van der Waals surface area contributed by atoms with Gasteiger partial charge in [0.15, 0.2) is 5.82 Å². The molecule has 5 heteroatoms. The maximum Gasteiger partial charge on any atom is 0.226 e. The van der Waals surface area contributed by atoms with Crippen LogP contribution >= 0.6 is 0 Å². The van der Waals surface area contributed by atoms with Crippen molar-refractivity contribution in [3.63, 3.8) is 0 Å². The Morgan fingerprint density at radius 3 is 2.85 bits per heavy atom. The first-order chi connectivity index (χ1) is 9.72. The third-order valence-corrected chi connectivity index (χ3v) is 3.29. The van der Waals surface area contributed by atoms with E-state index in [-0.39, 0.29) is 0 Å². The number of methoxy groups -OCH3 is 1. The predicted molar refractivity (Wildman–Crippen MR) is 76.9 cm³/mol. The molecule has 0 aliphatic rings. The van der Waals surface area contributed by atoms with Crippen molar-refractivity contribution in [2.75, 3.05) is 14.2 Å². The summed E-state index contributed by atoms with van der Waals surface area (Å²) < 4.78 is 10.6. The molecule has 1 heterocycles. The third kappa shape index (κ3) is 3.81. The van der Waals surface area contributed by atoms with E-state index in [1.165, 1.54) is 0 Å². The molecular formula is C15H21N3O2. The molecule has 0 saturated carbocycles. The van der Waals surface area contributed by atoms with E-state index in [1.54, 1.807) is 7.11 Å². The number of nitrogens with zero attached hydrogens (tertiary/aromatic N) is 2. The fourth-order valence-electron chi connectivity index (χ4n) is 2.00. The zero-order valence-corrected chi connectivity index (χ0v) is 12.2. The van der Waals surface area contributed by atoms with Crippen molar-refractivity contribution in [2.45, 2.75) is 32.2 Å². The summed E-state index contributed by atoms with van der Waals surface area (Å²) in [7, 11) is 3.61. The van der Waals surface area contributed by atoms with Crippen molar-refractivity contribution >= 4 is 0 Å². The minimum Gasteiger partial charge on any atom is -0.496 e. The van der Waals surface area contributed by atoms with E-state index in [2.05, 4.69) is 28.4 Å². The van der Waals surface area contributed by atoms with Crippen LogP contribution in [-0.2, 0) is 19.3 Å². The van der Waals surface area contributed by atoms with Gasteiger partial charge in [-0.2, -0.15) is 4.98 Å². The zero-order chi connectivity index (χ0) is 14.4. The molecule has 0 aliphatic heterocycles. The lowest BCUT2D eigenvalue weighted by atomic mass is 10.1. The fourth-order valence-corrected chi connectivity index (χ4v) is 2.00. The molecule has 0 amide bonds. The van der Waals surface area contributed by atoms with E-state index in [0.29, 0.717) is 11.9 Å². The average molecular weight is 275 g/mol. The highest BCUT2D eigenvalue weighted by molar-refractivity contribution is 5.33. The van der Waals surface area contributed by atoms with E-state index in [4.69, 9.17) is 9.26 Å². The van der Waals surface area contributed by atoms with Crippen molar-refractivity contribution in [3.8, 4) is 5.75 Å². The van der Waals surface area contributed by atoms with E-state index < -0.39 is 0 Å². The number of para-hydroxylation sites is 1. The van der Waals surface area contributed by atoms with Crippen LogP contribution in [0.15, 0.2) is 28.8 Å². The highest BCUT2D eigenvalue weighted by atomic mass is 16.5. The van der Waals surface area contributed by atoms with Gasteiger partial charge in [-0.15, -0.1) is 0 Å². The summed E-state index contributed by atoms with van der Waals surface area (Å²) in [5.41, 5.74) is 1.15. The number of ether oxygens (including phenoxy) is 1. The molecular weight excluding hydrogens is 254 g/mol. The summed E-state index contributed by atoms with van der Waals surface area (Å²) in [5, 5.41) is 7.16. The lowest BCUT2D eigenvalue weighted by molar-refractivity contribution is 0.369. The third-order valence-electron chi connectivity index (χ3n) is 3.29. The summed E-state index contributed by atoms with van der Waals surface area (Å²) >= 11 is 0. The highest BCUT2D eigenvalue weighted by Crippen LogP contribution is 2.19. The Bertz CT molecular complexity index is 539. The zero-order valence-electron chi connectivity index (χ0n) is 12.2. The molecule has 108 valence electrons. The number of aromatic nitrogens is 2. The number of likely N-dealkylation sites (N-methyl/N-ethyl adjacent to an activating group) is 1. The maximum absolute atomic E-state index is 5.33. The van der Waals surface area contributed by atoms with Crippen LogP contribution in [0.25, 0.3) is 0 Å². The van der Waals surface area contributed by atoms with Crippen LogP contribution in [0.3, 0.4) is 0 Å². The summed E-state index contributed by atoms with van der Waals surface area (Å²) in [6.45, 7) is 2.09. The van der Waals surface area contributed by atoms with Crippen molar-refractivity contribution in [2.24, 2.45) is 0 Å². The molecule has 2 rings (SSSR count). The van der Waals surface area contributed by atoms with Crippen LogP contribution in [0.4, 0.5) is 0 Å².